The first-order valence-electron chi connectivity index (χ1n) is 6.31. The van der Waals surface area contributed by atoms with Gasteiger partial charge in [-0.3, -0.25) is 9.36 Å². The van der Waals surface area contributed by atoms with Crippen molar-refractivity contribution in [3.05, 3.63) is 36.1 Å². The fraction of sp³-hybridized carbons (Fsp3) is 0.333. The maximum Gasteiger partial charge on any atom is 0.408 e. The van der Waals surface area contributed by atoms with Crippen molar-refractivity contribution in [1.82, 2.24) is 29.7 Å². The molecule has 3 heterocycles. The van der Waals surface area contributed by atoms with Crippen LogP contribution in [0.4, 0.5) is 13.2 Å². The fourth-order valence-electron chi connectivity index (χ4n) is 1.95. The molecule has 0 atom stereocenters. The maximum absolute atomic E-state index is 12.3. The van der Waals surface area contributed by atoms with Crippen molar-refractivity contribution in [2.24, 2.45) is 7.05 Å². The summed E-state index contributed by atoms with van der Waals surface area (Å²) in [7, 11) is 1.74. The van der Waals surface area contributed by atoms with Gasteiger partial charge in [0.25, 0.3) is 0 Å². The van der Waals surface area contributed by atoms with Crippen LogP contribution in [0.15, 0.2) is 29.0 Å². The Morgan fingerprint density at radius 1 is 1.27 bits per heavy atom. The van der Waals surface area contributed by atoms with Crippen molar-refractivity contribution in [1.29, 1.82) is 0 Å². The van der Waals surface area contributed by atoms with Gasteiger partial charge in [-0.15, -0.1) is 0 Å². The quantitative estimate of drug-likeness (QED) is 0.734. The number of rotatable bonds is 4. The molecule has 0 aromatic carbocycles. The molecular weight excluding hydrogens is 301 g/mol. The summed E-state index contributed by atoms with van der Waals surface area (Å²) in [5, 5.41) is 11.6. The van der Waals surface area contributed by atoms with E-state index < -0.39 is 12.7 Å². The highest BCUT2D eigenvalue weighted by atomic mass is 19.4. The summed E-state index contributed by atoms with van der Waals surface area (Å²) in [5.74, 6) is 0.637. The average molecular weight is 312 g/mol. The minimum Gasteiger partial charge on any atom is -0.338 e. The van der Waals surface area contributed by atoms with Crippen LogP contribution in [0.3, 0.4) is 0 Å². The van der Waals surface area contributed by atoms with Gasteiger partial charge in [0.05, 0.1) is 12.1 Å². The molecule has 0 N–H and O–H groups in total. The van der Waals surface area contributed by atoms with Crippen molar-refractivity contribution in [2.75, 3.05) is 0 Å². The lowest BCUT2D eigenvalue weighted by Gasteiger charge is -2.05. The van der Waals surface area contributed by atoms with Crippen molar-refractivity contribution >= 4 is 0 Å². The Morgan fingerprint density at radius 2 is 2.09 bits per heavy atom. The molecule has 7 nitrogen and oxygen atoms in total. The highest BCUT2D eigenvalue weighted by Gasteiger charge is 2.28. The van der Waals surface area contributed by atoms with Crippen LogP contribution in [0.5, 0.6) is 0 Å². The van der Waals surface area contributed by atoms with Gasteiger partial charge < -0.3 is 4.52 Å². The van der Waals surface area contributed by atoms with E-state index in [0.717, 1.165) is 4.68 Å². The van der Waals surface area contributed by atoms with Gasteiger partial charge in [0.1, 0.15) is 12.2 Å². The SMILES string of the molecule is Cn1nccc1-c1noc(Cc2ccn(CC(F)(F)F)n2)n1. The van der Waals surface area contributed by atoms with Gasteiger partial charge in [0.15, 0.2) is 0 Å². The van der Waals surface area contributed by atoms with Crippen molar-refractivity contribution in [3.8, 4) is 11.5 Å². The first-order chi connectivity index (χ1) is 10.4. The summed E-state index contributed by atoms with van der Waals surface area (Å²) in [4.78, 5) is 4.18. The summed E-state index contributed by atoms with van der Waals surface area (Å²) in [6, 6.07) is 3.21. The third kappa shape index (κ3) is 3.15. The highest BCUT2D eigenvalue weighted by Crippen LogP contribution is 2.18. The molecule has 0 aliphatic rings. The van der Waals surface area contributed by atoms with Crippen LogP contribution in [0.25, 0.3) is 11.5 Å². The largest absolute Gasteiger partial charge is 0.408 e. The zero-order chi connectivity index (χ0) is 15.7. The van der Waals surface area contributed by atoms with E-state index in [4.69, 9.17) is 4.52 Å². The molecule has 0 amide bonds. The number of halogens is 3. The van der Waals surface area contributed by atoms with E-state index in [0.29, 0.717) is 17.2 Å². The summed E-state index contributed by atoms with van der Waals surface area (Å²) in [6.07, 6.45) is -1.28. The predicted octanol–water partition coefficient (Wildman–Crippen LogP) is 1.82. The summed E-state index contributed by atoms with van der Waals surface area (Å²) >= 11 is 0. The molecule has 3 aromatic rings. The molecule has 0 saturated carbocycles. The lowest BCUT2D eigenvalue weighted by atomic mass is 10.3. The second-order valence-corrected chi connectivity index (χ2v) is 4.65. The molecule has 22 heavy (non-hydrogen) atoms. The minimum atomic E-state index is -4.31. The first kappa shape index (κ1) is 14.3. The second-order valence-electron chi connectivity index (χ2n) is 4.65. The van der Waals surface area contributed by atoms with Gasteiger partial charge in [0.2, 0.25) is 11.7 Å². The Morgan fingerprint density at radius 3 is 2.77 bits per heavy atom. The Hall–Kier alpha value is -2.65. The van der Waals surface area contributed by atoms with Crippen LogP contribution in [-0.4, -0.2) is 35.9 Å². The molecule has 3 rings (SSSR count). The van der Waals surface area contributed by atoms with Crippen molar-refractivity contribution in [3.63, 3.8) is 0 Å². The smallest absolute Gasteiger partial charge is 0.338 e. The number of aromatic nitrogens is 6. The van der Waals surface area contributed by atoms with Gasteiger partial charge in [-0.1, -0.05) is 5.16 Å². The third-order valence-corrected chi connectivity index (χ3v) is 2.89. The second kappa shape index (κ2) is 5.28. The number of hydrogen-bond acceptors (Lipinski definition) is 5. The predicted molar refractivity (Wildman–Crippen MR) is 67.6 cm³/mol. The number of nitrogens with zero attached hydrogens (tertiary/aromatic N) is 6. The topological polar surface area (TPSA) is 74.6 Å². The monoisotopic (exact) mass is 312 g/mol. The lowest BCUT2D eigenvalue weighted by molar-refractivity contribution is -0.142. The number of aryl methyl sites for hydroxylation is 1. The van der Waals surface area contributed by atoms with E-state index in [2.05, 4.69) is 20.3 Å². The van der Waals surface area contributed by atoms with E-state index in [1.54, 1.807) is 24.0 Å². The van der Waals surface area contributed by atoms with E-state index in [-0.39, 0.29) is 12.3 Å². The summed E-state index contributed by atoms with van der Waals surface area (Å²) in [5.41, 5.74) is 1.10. The van der Waals surface area contributed by atoms with Crippen molar-refractivity contribution in [2.45, 2.75) is 19.1 Å². The zero-order valence-electron chi connectivity index (χ0n) is 11.4. The number of hydrogen-bond donors (Lipinski definition) is 0. The molecule has 0 unspecified atom stereocenters. The van der Waals surface area contributed by atoms with Crippen LogP contribution in [0.2, 0.25) is 0 Å². The Bertz CT molecular complexity index is 772. The molecule has 0 spiro atoms. The highest BCUT2D eigenvalue weighted by molar-refractivity contribution is 5.47. The van der Waals surface area contributed by atoms with E-state index in [1.165, 1.54) is 12.3 Å². The third-order valence-electron chi connectivity index (χ3n) is 2.89. The molecule has 0 fully saturated rings. The van der Waals surface area contributed by atoms with E-state index in [1.807, 2.05) is 0 Å². The van der Waals surface area contributed by atoms with Crippen LogP contribution in [0.1, 0.15) is 11.6 Å². The minimum absolute atomic E-state index is 0.162. The standard InChI is InChI=1S/C12H11F3N6O/c1-20-9(2-4-16-20)11-17-10(22-19-11)6-8-3-5-21(18-8)7-12(13,14)15/h2-5H,6-7H2,1H3. The molecule has 116 valence electrons. The van der Waals surface area contributed by atoms with Gasteiger partial charge in [-0.05, 0) is 12.1 Å². The summed E-state index contributed by atoms with van der Waals surface area (Å²) < 4.78 is 44.3. The van der Waals surface area contributed by atoms with Crippen LogP contribution in [-0.2, 0) is 20.0 Å². The van der Waals surface area contributed by atoms with Gasteiger partial charge in [-0.25, -0.2) is 0 Å². The van der Waals surface area contributed by atoms with Gasteiger partial charge >= 0.3 is 6.18 Å². The fourth-order valence-corrected chi connectivity index (χ4v) is 1.95. The maximum atomic E-state index is 12.3. The van der Waals surface area contributed by atoms with Crippen LogP contribution in [0, 0.1) is 0 Å². The molecule has 0 radical (unpaired) electrons. The molecule has 10 heteroatoms. The lowest BCUT2D eigenvalue weighted by Crippen LogP contribution is -2.18. The van der Waals surface area contributed by atoms with E-state index in [9.17, 15) is 13.2 Å². The Balaban J connectivity index is 1.72. The Kier molecular flexibility index (Phi) is 3.43. The molecule has 0 bridgehead atoms. The van der Waals surface area contributed by atoms with E-state index >= 15 is 0 Å². The van der Waals surface area contributed by atoms with Crippen molar-refractivity contribution < 1.29 is 17.7 Å². The molecular formula is C12H11F3N6O. The average Bonchev–Trinajstić information content (AvgIpc) is 3.10. The van der Waals surface area contributed by atoms with Crippen LogP contribution >= 0.6 is 0 Å². The molecule has 0 aliphatic heterocycles. The normalized spacial score (nSPS) is 12.0. The molecule has 0 aliphatic carbocycles. The zero-order valence-corrected chi connectivity index (χ0v) is 11.4. The first-order valence-corrected chi connectivity index (χ1v) is 6.31. The summed E-state index contributed by atoms with van der Waals surface area (Å²) in [6.45, 7) is -1.13. The molecule has 3 aromatic heterocycles. The Labute approximate surface area is 122 Å². The number of alkyl halides is 3. The van der Waals surface area contributed by atoms with Gasteiger partial charge in [0, 0.05) is 19.4 Å². The molecule has 0 saturated heterocycles. The van der Waals surface area contributed by atoms with Crippen LogP contribution < -0.4 is 0 Å². The van der Waals surface area contributed by atoms with Gasteiger partial charge in [-0.2, -0.15) is 28.4 Å².